The van der Waals surface area contributed by atoms with Crippen molar-refractivity contribution in [1.29, 1.82) is 0 Å². The number of fused-ring (bicyclic) bond motifs is 1. The van der Waals surface area contributed by atoms with Crippen molar-refractivity contribution in [2.24, 2.45) is 17.8 Å². The molecule has 0 spiro atoms. The number of methoxy groups -OCH3 is 1. The van der Waals surface area contributed by atoms with Crippen LogP contribution >= 0.6 is 0 Å². The molecular formula is C18H22O4. The summed E-state index contributed by atoms with van der Waals surface area (Å²) in [6, 6.07) is 1.73. The van der Waals surface area contributed by atoms with E-state index in [9.17, 15) is 9.59 Å². The second kappa shape index (κ2) is 6.11. The third-order valence-electron chi connectivity index (χ3n) is 5.20. The molecule has 2 aliphatic rings. The van der Waals surface area contributed by atoms with Gasteiger partial charge in [0.05, 0.1) is 7.11 Å². The largest absolute Gasteiger partial charge is 0.496 e. The highest BCUT2D eigenvalue weighted by molar-refractivity contribution is 5.78. The molecule has 0 radical (unpaired) electrons. The standard InChI is InChI=1S/C18H22O4/c1-11-7-8-12-5-3-4-6-13(12)17(11)16-9-15(21-2)14(10-19)18(20)22-16/h7-13,17H,3-6H2,1-2H3/t11-,12+,13+,17-/m1/s1. The highest BCUT2D eigenvalue weighted by Gasteiger charge is 2.38. The topological polar surface area (TPSA) is 56.5 Å². The molecule has 1 saturated carbocycles. The van der Waals surface area contributed by atoms with Crippen LogP contribution < -0.4 is 10.4 Å². The van der Waals surface area contributed by atoms with Gasteiger partial charge in [-0.05, 0) is 30.6 Å². The van der Waals surface area contributed by atoms with Crippen molar-refractivity contribution in [3.05, 3.63) is 40.0 Å². The molecule has 4 atom stereocenters. The minimum atomic E-state index is -0.599. The molecule has 1 fully saturated rings. The average Bonchev–Trinajstić information content (AvgIpc) is 2.53. The van der Waals surface area contributed by atoms with E-state index in [1.165, 1.54) is 26.4 Å². The fraction of sp³-hybridized carbons (Fsp3) is 0.556. The van der Waals surface area contributed by atoms with E-state index < -0.39 is 5.63 Å². The Bertz CT molecular complexity index is 643. The van der Waals surface area contributed by atoms with Crippen LogP contribution in [0.3, 0.4) is 0 Å². The smallest absolute Gasteiger partial charge is 0.350 e. The summed E-state index contributed by atoms with van der Waals surface area (Å²) in [5, 5.41) is 0. The Morgan fingerprint density at radius 2 is 2.05 bits per heavy atom. The second-order valence-electron chi connectivity index (χ2n) is 6.42. The van der Waals surface area contributed by atoms with Gasteiger partial charge in [-0.25, -0.2) is 4.79 Å². The average molecular weight is 302 g/mol. The maximum atomic E-state index is 12.1. The molecule has 2 aliphatic carbocycles. The molecule has 0 N–H and O–H groups in total. The first-order valence-electron chi connectivity index (χ1n) is 8.01. The molecule has 4 heteroatoms. The van der Waals surface area contributed by atoms with Gasteiger partial charge in [-0.1, -0.05) is 31.9 Å². The van der Waals surface area contributed by atoms with Gasteiger partial charge in [0.15, 0.2) is 6.29 Å². The van der Waals surface area contributed by atoms with Crippen molar-refractivity contribution in [3.8, 4) is 5.75 Å². The van der Waals surface area contributed by atoms with Gasteiger partial charge in [0.2, 0.25) is 0 Å². The van der Waals surface area contributed by atoms with Crippen LogP contribution in [0.25, 0.3) is 0 Å². The monoisotopic (exact) mass is 302 g/mol. The van der Waals surface area contributed by atoms with Crippen molar-refractivity contribution in [1.82, 2.24) is 0 Å². The Balaban J connectivity index is 2.05. The van der Waals surface area contributed by atoms with Gasteiger partial charge in [-0.15, -0.1) is 0 Å². The van der Waals surface area contributed by atoms with Gasteiger partial charge in [0, 0.05) is 12.0 Å². The molecule has 4 nitrogen and oxygen atoms in total. The normalized spacial score (nSPS) is 30.6. The molecule has 0 amide bonds. The van der Waals surface area contributed by atoms with Crippen molar-refractivity contribution in [2.75, 3.05) is 7.11 Å². The zero-order chi connectivity index (χ0) is 15.7. The molecule has 0 bridgehead atoms. The first kappa shape index (κ1) is 15.1. The lowest BCUT2D eigenvalue weighted by Crippen LogP contribution is -2.31. The molecule has 22 heavy (non-hydrogen) atoms. The third kappa shape index (κ3) is 2.51. The van der Waals surface area contributed by atoms with Crippen LogP contribution in [0.15, 0.2) is 27.4 Å². The fourth-order valence-electron chi connectivity index (χ4n) is 4.11. The maximum absolute atomic E-state index is 12.1. The predicted molar refractivity (Wildman–Crippen MR) is 83.4 cm³/mol. The number of carbonyl (C=O) groups is 1. The lowest BCUT2D eigenvalue weighted by molar-refractivity contribution is 0.111. The second-order valence-corrected chi connectivity index (χ2v) is 6.42. The van der Waals surface area contributed by atoms with Gasteiger partial charge in [0.1, 0.15) is 17.1 Å². The Kier molecular flexibility index (Phi) is 4.19. The molecule has 1 aromatic heterocycles. The minimum absolute atomic E-state index is 0.0366. The van der Waals surface area contributed by atoms with Crippen molar-refractivity contribution < 1.29 is 13.9 Å². The van der Waals surface area contributed by atoms with Crippen molar-refractivity contribution >= 4 is 6.29 Å². The highest BCUT2D eigenvalue weighted by atomic mass is 16.5. The molecule has 0 saturated heterocycles. The number of rotatable bonds is 3. The first-order valence-corrected chi connectivity index (χ1v) is 8.01. The molecule has 0 aliphatic heterocycles. The number of aldehydes is 1. The quantitative estimate of drug-likeness (QED) is 0.633. The van der Waals surface area contributed by atoms with Crippen molar-refractivity contribution in [2.45, 2.75) is 38.5 Å². The summed E-state index contributed by atoms with van der Waals surface area (Å²) < 4.78 is 10.7. The number of carbonyl (C=O) groups excluding carboxylic acids is 1. The zero-order valence-electron chi connectivity index (χ0n) is 13.1. The minimum Gasteiger partial charge on any atom is -0.496 e. The van der Waals surface area contributed by atoms with Crippen LogP contribution in [0, 0.1) is 17.8 Å². The van der Waals surface area contributed by atoms with Gasteiger partial charge < -0.3 is 9.15 Å². The number of hydrogen-bond donors (Lipinski definition) is 0. The van der Waals surface area contributed by atoms with Crippen LogP contribution in [0.4, 0.5) is 0 Å². The van der Waals surface area contributed by atoms with E-state index in [0.717, 1.165) is 6.42 Å². The van der Waals surface area contributed by atoms with E-state index in [4.69, 9.17) is 9.15 Å². The number of allylic oxidation sites excluding steroid dienone is 2. The van der Waals surface area contributed by atoms with Crippen LogP contribution in [0.1, 0.15) is 54.6 Å². The molecule has 1 heterocycles. The van der Waals surface area contributed by atoms with Crippen molar-refractivity contribution in [3.63, 3.8) is 0 Å². The van der Waals surface area contributed by atoms with E-state index in [0.29, 0.717) is 35.5 Å². The van der Waals surface area contributed by atoms with Crippen LogP contribution in [0.5, 0.6) is 5.75 Å². The molecule has 3 rings (SSSR count). The van der Waals surface area contributed by atoms with Crippen LogP contribution in [-0.4, -0.2) is 13.4 Å². The molecule has 0 aromatic carbocycles. The third-order valence-corrected chi connectivity index (χ3v) is 5.20. The highest BCUT2D eigenvalue weighted by Crippen LogP contribution is 2.48. The summed E-state index contributed by atoms with van der Waals surface area (Å²) in [6.45, 7) is 2.16. The lowest BCUT2D eigenvalue weighted by atomic mass is 9.64. The molecule has 118 valence electrons. The summed E-state index contributed by atoms with van der Waals surface area (Å²) in [5.74, 6) is 2.53. The summed E-state index contributed by atoms with van der Waals surface area (Å²) in [7, 11) is 1.47. The predicted octanol–water partition coefficient (Wildman–Crippen LogP) is 3.56. The lowest BCUT2D eigenvalue weighted by Gasteiger charge is -2.40. The van der Waals surface area contributed by atoms with E-state index in [2.05, 4.69) is 19.1 Å². The molecular weight excluding hydrogens is 280 g/mol. The van der Waals surface area contributed by atoms with Gasteiger partial charge >= 0.3 is 5.63 Å². The Morgan fingerprint density at radius 1 is 1.27 bits per heavy atom. The van der Waals surface area contributed by atoms with E-state index in [1.54, 1.807) is 6.07 Å². The Morgan fingerprint density at radius 3 is 2.77 bits per heavy atom. The van der Waals surface area contributed by atoms with Crippen LogP contribution in [-0.2, 0) is 0 Å². The summed E-state index contributed by atoms with van der Waals surface area (Å²) in [6.07, 6.45) is 9.93. The van der Waals surface area contributed by atoms with Crippen LogP contribution in [0.2, 0.25) is 0 Å². The molecule has 1 aromatic rings. The number of hydrogen-bond acceptors (Lipinski definition) is 4. The van der Waals surface area contributed by atoms with E-state index in [1.807, 2.05) is 0 Å². The van der Waals surface area contributed by atoms with Gasteiger partial charge in [-0.3, -0.25) is 4.79 Å². The SMILES string of the molecule is COc1cc([C@H]2[C@H]3CCCC[C@H]3C=C[C@H]2C)oc(=O)c1C=O. The maximum Gasteiger partial charge on any atom is 0.350 e. The fourth-order valence-corrected chi connectivity index (χ4v) is 4.11. The molecule has 0 unspecified atom stereocenters. The Labute approximate surface area is 130 Å². The Hall–Kier alpha value is -1.84. The van der Waals surface area contributed by atoms with Gasteiger partial charge in [0.25, 0.3) is 0 Å². The van der Waals surface area contributed by atoms with E-state index in [-0.39, 0.29) is 11.5 Å². The van der Waals surface area contributed by atoms with E-state index >= 15 is 0 Å². The number of ether oxygens (including phenoxy) is 1. The summed E-state index contributed by atoms with van der Waals surface area (Å²) in [4.78, 5) is 23.1. The first-order chi connectivity index (χ1) is 10.7. The van der Waals surface area contributed by atoms with Gasteiger partial charge in [-0.2, -0.15) is 0 Å². The summed E-state index contributed by atoms with van der Waals surface area (Å²) in [5.41, 5.74) is -0.635. The zero-order valence-corrected chi connectivity index (χ0v) is 13.1. The summed E-state index contributed by atoms with van der Waals surface area (Å²) >= 11 is 0.